The molecule has 0 bridgehead atoms. The Kier molecular flexibility index (Phi) is 5.65. The molecule has 1 aliphatic rings. The van der Waals surface area contributed by atoms with Crippen LogP contribution in [0.15, 0.2) is 22.2 Å². The van der Waals surface area contributed by atoms with Crippen molar-refractivity contribution >= 4 is 62.8 Å². The van der Waals surface area contributed by atoms with Crippen LogP contribution in [0.3, 0.4) is 0 Å². The zero-order valence-corrected chi connectivity index (χ0v) is 16.0. The fraction of sp³-hybridized carbons (Fsp3) is 0.188. The Labute approximate surface area is 158 Å². The molecule has 0 N–H and O–H groups in total. The highest BCUT2D eigenvalue weighted by atomic mass is 79.9. The molecule has 2 amide bonds. The summed E-state index contributed by atoms with van der Waals surface area (Å²) in [4.78, 5) is 27.1. The van der Waals surface area contributed by atoms with Gasteiger partial charge in [-0.1, -0.05) is 17.5 Å². The Morgan fingerprint density at radius 3 is 2.42 bits per heavy atom. The van der Waals surface area contributed by atoms with Gasteiger partial charge in [0, 0.05) is 14.1 Å². The van der Waals surface area contributed by atoms with E-state index < -0.39 is 11.8 Å². The van der Waals surface area contributed by atoms with E-state index in [-0.39, 0.29) is 17.3 Å². The van der Waals surface area contributed by atoms with Gasteiger partial charge in [0.2, 0.25) is 0 Å². The Morgan fingerprint density at radius 1 is 1.33 bits per heavy atom. The van der Waals surface area contributed by atoms with Crippen molar-refractivity contribution < 1.29 is 14.3 Å². The van der Waals surface area contributed by atoms with E-state index >= 15 is 0 Å². The Morgan fingerprint density at radius 2 is 1.92 bits per heavy atom. The second kappa shape index (κ2) is 7.34. The predicted octanol–water partition coefficient (Wildman–Crippen LogP) is 2.71. The van der Waals surface area contributed by atoms with Gasteiger partial charge < -0.3 is 4.74 Å². The van der Waals surface area contributed by atoms with Gasteiger partial charge in [-0.3, -0.25) is 19.4 Å². The molecule has 5 nitrogen and oxygen atoms in total. The number of likely N-dealkylation sites (N-methyl/N-ethyl adjacent to an activating group) is 2. The average molecular weight is 428 g/mol. The van der Waals surface area contributed by atoms with Crippen molar-refractivity contribution in [3.8, 4) is 18.1 Å². The summed E-state index contributed by atoms with van der Waals surface area (Å²) in [6.45, 7) is 0.0722. The van der Waals surface area contributed by atoms with Gasteiger partial charge in [0.05, 0.1) is 9.50 Å². The quantitative estimate of drug-likeness (QED) is 0.322. The third kappa shape index (κ3) is 3.46. The first-order chi connectivity index (χ1) is 11.3. The van der Waals surface area contributed by atoms with Gasteiger partial charge in [-0.05, 0) is 51.9 Å². The minimum Gasteiger partial charge on any atom is -0.478 e. The number of nitrogens with zero attached hydrogens (tertiary/aromatic N) is 2. The lowest BCUT2D eigenvalue weighted by atomic mass is 10.1. The van der Waals surface area contributed by atoms with Crippen molar-refractivity contribution in [1.82, 2.24) is 9.80 Å². The lowest BCUT2D eigenvalue weighted by molar-refractivity contribution is -0.132. The van der Waals surface area contributed by atoms with Crippen molar-refractivity contribution in [2.24, 2.45) is 0 Å². The lowest BCUT2D eigenvalue weighted by Gasteiger charge is -2.31. The largest absolute Gasteiger partial charge is 0.478 e. The van der Waals surface area contributed by atoms with Crippen molar-refractivity contribution in [2.75, 3.05) is 20.7 Å². The van der Waals surface area contributed by atoms with Crippen LogP contribution in [0.4, 0.5) is 0 Å². The normalized spacial score (nSPS) is 14.8. The predicted molar refractivity (Wildman–Crippen MR) is 99.6 cm³/mol. The van der Waals surface area contributed by atoms with Crippen LogP contribution in [0, 0.1) is 12.3 Å². The molecule has 1 saturated heterocycles. The highest BCUT2D eigenvalue weighted by molar-refractivity contribution is 9.10. The van der Waals surface area contributed by atoms with E-state index in [1.165, 1.54) is 30.0 Å². The molecule has 1 heterocycles. The Balaban J connectivity index is 2.44. The zero-order valence-electron chi connectivity index (χ0n) is 12.8. The minimum absolute atomic E-state index is 0.00569. The van der Waals surface area contributed by atoms with Gasteiger partial charge in [0.1, 0.15) is 12.2 Å². The fourth-order valence-electron chi connectivity index (χ4n) is 2.06. The molecule has 1 fully saturated rings. The molecule has 0 saturated carbocycles. The molecule has 24 heavy (non-hydrogen) atoms. The molecule has 1 aliphatic heterocycles. The maximum Gasteiger partial charge on any atom is 0.265 e. The summed E-state index contributed by atoms with van der Waals surface area (Å²) in [6, 6.07) is 3.26. The van der Waals surface area contributed by atoms with Crippen LogP contribution in [-0.4, -0.2) is 47.4 Å². The number of thiocarbonyl (C=S) groups is 1. The second-order valence-electron chi connectivity index (χ2n) is 4.88. The maximum absolute atomic E-state index is 12.3. The molecule has 124 valence electrons. The van der Waals surface area contributed by atoms with Crippen LogP contribution in [0.25, 0.3) is 6.08 Å². The number of hydrogen-bond acceptors (Lipinski definition) is 4. The van der Waals surface area contributed by atoms with Gasteiger partial charge >= 0.3 is 0 Å². The molecule has 0 atom stereocenters. The summed E-state index contributed by atoms with van der Waals surface area (Å²) in [5.41, 5.74) is 0.556. The summed E-state index contributed by atoms with van der Waals surface area (Å²) in [5, 5.41) is 0.457. The average Bonchev–Trinajstić information content (AvgIpc) is 2.54. The van der Waals surface area contributed by atoms with E-state index in [1.54, 1.807) is 12.1 Å². The van der Waals surface area contributed by atoms with E-state index in [4.69, 9.17) is 35.0 Å². The molecule has 0 aromatic heterocycles. The molecular formula is C16H12BrClN2O3S. The van der Waals surface area contributed by atoms with Crippen molar-refractivity contribution in [2.45, 2.75) is 0 Å². The summed E-state index contributed by atoms with van der Waals surface area (Å²) < 4.78 is 5.91. The fourth-order valence-corrected chi connectivity index (χ4v) is 3.21. The third-order valence-corrected chi connectivity index (χ3v) is 4.69. The molecular weight excluding hydrogens is 416 g/mol. The number of benzene rings is 1. The van der Waals surface area contributed by atoms with Crippen LogP contribution < -0.4 is 4.74 Å². The number of amides is 2. The topological polar surface area (TPSA) is 49.9 Å². The van der Waals surface area contributed by atoms with Gasteiger partial charge in [-0.2, -0.15) is 0 Å². The highest BCUT2D eigenvalue weighted by Gasteiger charge is 2.35. The van der Waals surface area contributed by atoms with Crippen molar-refractivity contribution in [1.29, 1.82) is 0 Å². The second-order valence-corrected chi connectivity index (χ2v) is 6.50. The number of terminal acetylenes is 1. The zero-order chi connectivity index (χ0) is 18.0. The monoisotopic (exact) mass is 426 g/mol. The van der Waals surface area contributed by atoms with Gasteiger partial charge in [-0.25, -0.2) is 0 Å². The maximum atomic E-state index is 12.3. The summed E-state index contributed by atoms with van der Waals surface area (Å²) >= 11 is 14.6. The highest BCUT2D eigenvalue weighted by Crippen LogP contribution is 2.35. The number of carbonyl (C=O) groups is 2. The summed E-state index contributed by atoms with van der Waals surface area (Å²) in [7, 11) is 3.03. The lowest BCUT2D eigenvalue weighted by Crippen LogP contribution is -2.52. The first kappa shape index (κ1) is 18.5. The van der Waals surface area contributed by atoms with E-state index in [0.29, 0.717) is 20.8 Å². The Hall–Kier alpha value is -1.88. The van der Waals surface area contributed by atoms with Crippen LogP contribution in [0.1, 0.15) is 5.56 Å². The third-order valence-electron chi connectivity index (χ3n) is 3.28. The van der Waals surface area contributed by atoms with Gasteiger partial charge in [0.25, 0.3) is 11.8 Å². The number of ether oxygens (including phenoxy) is 1. The molecule has 0 unspecified atom stereocenters. The van der Waals surface area contributed by atoms with E-state index in [2.05, 4.69) is 21.9 Å². The van der Waals surface area contributed by atoms with Gasteiger partial charge in [0.15, 0.2) is 10.9 Å². The molecule has 0 aliphatic carbocycles. The molecule has 8 heteroatoms. The molecule has 1 aromatic rings. The van der Waals surface area contributed by atoms with Crippen LogP contribution in [-0.2, 0) is 9.59 Å². The van der Waals surface area contributed by atoms with Gasteiger partial charge in [-0.15, -0.1) is 6.42 Å². The first-order valence-electron chi connectivity index (χ1n) is 6.65. The molecule has 2 rings (SSSR count). The SMILES string of the molecule is C#CCOc1c(Cl)cc(C=C2C(=O)N(C)C(=S)N(C)C2=O)cc1Br. The molecule has 0 radical (unpaired) electrons. The van der Waals surface area contributed by atoms with Crippen LogP contribution >= 0.6 is 39.7 Å². The van der Waals surface area contributed by atoms with E-state index in [0.717, 1.165) is 0 Å². The number of carbonyl (C=O) groups excluding carboxylic acids is 2. The molecule has 1 aromatic carbocycles. The summed E-state index contributed by atoms with van der Waals surface area (Å²) in [5.74, 6) is 1.81. The van der Waals surface area contributed by atoms with Crippen LogP contribution in [0.2, 0.25) is 5.02 Å². The standard InChI is InChI=1S/C16H12BrClN2O3S/c1-4-5-23-13-11(17)7-9(8-12(13)18)6-10-14(21)19(2)16(24)20(3)15(10)22/h1,6-8H,5H2,2-3H3. The molecule has 0 spiro atoms. The minimum atomic E-state index is -0.469. The van der Waals surface area contributed by atoms with Crippen molar-refractivity contribution in [3.05, 3.63) is 32.8 Å². The number of hydrogen-bond donors (Lipinski definition) is 0. The smallest absolute Gasteiger partial charge is 0.265 e. The number of halogens is 2. The van der Waals surface area contributed by atoms with Crippen molar-refractivity contribution in [3.63, 3.8) is 0 Å². The number of rotatable bonds is 3. The summed E-state index contributed by atoms with van der Waals surface area (Å²) in [6.07, 6.45) is 6.62. The Bertz CT molecular complexity index is 767. The first-order valence-corrected chi connectivity index (χ1v) is 8.23. The van der Waals surface area contributed by atoms with Crippen LogP contribution in [0.5, 0.6) is 5.75 Å². The van der Waals surface area contributed by atoms with E-state index in [9.17, 15) is 9.59 Å². The van der Waals surface area contributed by atoms with E-state index in [1.807, 2.05) is 0 Å².